The van der Waals surface area contributed by atoms with Crippen LogP contribution in [0.15, 0.2) is 23.8 Å². The van der Waals surface area contributed by atoms with Gasteiger partial charge in [0, 0.05) is 8.22 Å². The molecule has 1 atom stereocenters. The van der Waals surface area contributed by atoms with Gasteiger partial charge in [-0.2, -0.15) is 0 Å². The van der Waals surface area contributed by atoms with E-state index >= 15 is 0 Å². The molecule has 0 bridgehead atoms. The van der Waals surface area contributed by atoms with Crippen molar-refractivity contribution in [1.29, 1.82) is 0 Å². The summed E-state index contributed by atoms with van der Waals surface area (Å²) in [4.78, 5) is 0. The standard InChI is InChI=1S/C10H16/c1-8(2)10-6-4-9(3)5-7-10/h4,10H,1,5-7H2,2-3H3/i1D2,2D3,3D3. The van der Waals surface area contributed by atoms with E-state index in [4.69, 9.17) is 11.0 Å². The first-order valence-corrected chi connectivity index (χ1v) is 3.41. The van der Waals surface area contributed by atoms with E-state index < -0.39 is 26.2 Å². The van der Waals surface area contributed by atoms with Crippen molar-refractivity contribution in [3.63, 3.8) is 0 Å². The molecule has 0 fully saturated rings. The fraction of sp³-hybridized carbons (Fsp3) is 0.600. The first-order chi connectivity index (χ1) is 8.03. The van der Waals surface area contributed by atoms with Crippen molar-refractivity contribution in [1.82, 2.24) is 0 Å². The maximum atomic E-state index is 7.33. The summed E-state index contributed by atoms with van der Waals surface area (Å²) in [5, 5.41) is 0. The Kier molecular flexibility index (Phi) is 0.680. The first kappa shape index (κ1) is 2.23. The zero-order valence-electron chi connectivity index (χ0n) is 13.8. The van der Waals surface area contributed by atoms with Crippen molar-refractivity contribution in [2.75, 3.05) is 0 Å². The average molecular weight is 144 g/mol. The molecule has 1 aliphatic rings. The Bertz CT molecular complexity index is 366. The van der Waals surface area contributed by atoms with Gasteiger partial charge in [0.25, 0.3) is 0 Å². The molecule has 1 rings (SSSR count). The first-order valence-electron chi connectivity index (χ1n) is 7.41. The summed E-state index contributed by atoms with van der Waals surface area (Å²) in [6.45, 7) is -5.25. The van der Waals surface area contributed by atoms with Crippen LogP contribution in [0.1, 0.15) is 43.9 Å². The molecule has 0 heteroatoms. The van der Waals surface area contributed by atoms with E-state index in [0.717, 1.165) is 0 Å². The Morgan fingerprint density at radius 1 is 2.00 bits per heavy atom. The molecule has 1 unspecified atom stereocenters. The molecule has 0 saturated carbocycles. The van der Waals surface area contributed by atoms with E-state index in [9.17, 15) is 0 Å². The summed E-state index contributed by atoms with van der Waals surface area (Å²) >= 11 is 0. The molecule has 56 valence electrons. The molecule has 0 N–H and O–H groups in total. The van der Waals surface area contributed by atoms with Crippen molar-refractivity contribution < 1.29 is 11.0 Å². The van der Waals surface area contributed by atoms with Gasteiger partial charge in [-0.15, -0.1) is 0 Å². The average Bonchev–Trinajstić information content (AvgIpc) is 2.13. The van der Waals surface area contributed by atoms with Crippen LogP contribution in [0, 0.1) is 5.92 Å². The Morgan fingerprint density at radius 3 is 3.50 bits per heavy atom. The Morgan fingerprint density at radius 2 is 3.00 bits per heavy atom. The highest BCUT2D eigenvalue weighted by molar-refractivity contribution is 5.09. The van der Waals surface area contributed by atoms with E-state index in [0.29, 0.717) is 18.4 Å². The minimum atomic E-state index is -2.45. The molecule has 1 aliphatic carbocycles. The molecule has 0 aromatic carbocycles. The number of hydrogen-bond donors (Lipinski definition) is 0. The third-order valence-electron chi connectivity index (χ3n) is 1.82. The lowest BCUT2D eigenvalue weighted by atomic mass is 9.86. The second kappa shape index (κ2) is 3.05. The molecule has 10 heavy (non-hydrogen) atoms. The third-order valence-corrected chi connectivity index (χ3v) is 1.82. The van der Waals surface area contributed by atoms with Crippen molar-refractivity contribution in [3.8, 4) is 0 Å². The van der Waals surface area contributed by atoms with E-state index in [2.05, 4.69) is 0 Å². The molecule has 0 aromatic heterocycles. The van der Waals surface area contributed by atoms with Gasteiger partial charge in [0.1, 0.15) is 0 Å². The summed E-state index contributed by atoms with van der Waals surface area (Å²) in [5.41, 5.74) is 0.184. The van der Waals surface area contributed by atoms with Crippen LogP contribution in [0.5, 0.6) is 0 Å². The molecule has 0 spiro atoms. The van der Waals surface area contributed by atoms with Gasteiger partial charge in [-0.1, -0.05) is 23.8 Å². The highest BCUT2D eigenvalue weighted by Gasteiger charge is 2.11. The van der Waals surface area contributed by atoms with Crippen LogP contribution < -0.4 is 0 Å². The fourth-order valence-electron chi connectivity index (χ4n) is 1.10. The predicted molar refractivity (Wildman–Crippen MR) is 45.9 cm³/mol. The van der Waals surface area contributed by atoms with E-state index in [-0.39, 0.29) is 12.0 Å². The lowest BCUT2D eigenvalue weighted by Crippen LogP contribution is -2.04. The topological polar surface area (TPSA) is 0 Å². The molecular weight excluding hydrogens is 120 g/mol. The molecule has 0 saturated heterocycles. The van der Waals surface area contributed by atoms with E-state index in [1.54, 1.807) is 0 Å². The molecule has 0 heterocycles. The van der Waals surface area contributed by atoms with Crippen LogP contribution in [0.4, 0.5) is 0 Å². The zero-order chi connectivity index (χ0) is 14.1. The van der Waals surface area contributed by atoms with Crippen molar-refractivity contribution in [3.05, 3.63) is 23.8 Å². The quantitative estimate of drug-likeness (QED) is 0.495. The van der Waals surface area contributed by atoms with Gasteiger partial charge in [0.15, 0.2) is 0 Å². The van der Waals surface area contributed by atoms with Crippen molar-refractivity contribution in [2.45, 2.75) is 33.0 Å². The van der Waals surface area contributed by atoms with Crippen molar-refractivity contribution in [2.24, 2.45) is 5.92 Å². The van der Waals surface area contributed by atoms with E-state index in [1.165, 1.54) is 6.08 Å². The minimum absolute atomic E-state index is 0.164. The predicted octanol–water partition coefficient (Wildman–Crippen LogP) is 3.31. The van der Waals surface area contributed by atoms with Crippen LogP contribution in [-0.2, 0) is 0 Å². The van der Waals surface area contributed by atoms with Gasteiger partial charge in [-0.05, 0) is 38.9 Å². The second-order valence-electron chi connectivity index (χ2n) is 2.61. The van der Waals surface area contributed by atoms with Gasteiger partial charge < -0.3 is 0 Å². The van der Waals surface area contributed by atoms with Gasteiger partial charge in [-0.25, -0.2) is 0 Å². The monoisotopic (exact) mass is 144 g/mol. The lowest BCUT2D eigenvalue weighted by Gasteiger charge is -2.19. The van der Waals surface area contributed by atoms with Crippen LogP contribution in [0.25, 0.3) is 0 Å². The van der Waals surface area contributed by atoms with Gasteiger partial charge in [0.05, 0.1) is 2.74 Å². The zero-order valence-corrected chi connectivity index (χ0v) is 5.78. The normalized spacial score (nSPS) is 39.6. The number of rotatable bonds is 1. The highest BCUT2D eigenvalue weighted by Crippen LogP contribution is 2.27. The van der Waals surface area contributed by atoms with Crippen LogP contribution in [0.2, 0.25) is 0 Å². The molecule has 0 aromatic rings. The maximum Gasteiger partial charge on any atom is 0.0537 e. The summed E-state index contributed by atoms with van der Waals surface area (Å²) < 4.78 is 58.3. The maximum absolute atomic E-state index is 7.33. The highest BCUT2D eigenvalue weighted by atomic mass is 14.2. The summed E-state index contributed by atoms with van der Waals surface area (Å²) in [6, 6.07) is 0. The fourth-order valence-corrected chi connectivity index (χ4v) is 1.10. The van der Waals surface area contributed by atoms with Gasteiger partial charge >= 0.3 is 0 Å². The SMILES string of the molecule is [2H]C([2H])=C(C1CC=C(C([2H])([2H])[2H])CC1)C([2H])([2H])[2H]. The molecule has 0 aliphatic heterocycles. The lowest BCUT2D eigenvalue weighted by molar-refractivity contribution is 0.540. The molecular formula is C10H16. The summed E-state index contributed by atoms with van der Waals surface area (Å²) in [5.74, 6) is -0.423. The Balaban J connectivity index is 2.92. The van der Waals surface area contributed by atoms with Crippen LogP contribution >= 0.6 is 0 Å². The third kappa shape index (κ3) is 1.73. The number of hydrogen-bond acceptors (Lipinski definition) is 0. The molecule has 0 radical (unpaired) electrons. The van der Waals surface area contributed by atoms with E-state index in [1.807, 2.05) is 0 Å². The Labute approximate surface area is 74.9 Å². The smallest absolute Gasteiger partial charge is 0.0537 e. The minimum Gasteiger partial charge on any atom is -0.0998 e. The number of allylic oxidation sites excluding steroid dienone is 3. The molecule has 0 nitrogen and oxygen atoms in total. The summed E-state index contributed by atoms with van der Waals surface area (Å²) in [7, 11) is 0. The van der Waals surface area contributed by atoms with Crippen LogP contribution in [-0.4, -0.2) is 0 Å². The molecule has 0 amide bonds. The van der Waals surface area contributed by atoms with Gasteiger partial charge in [-0.3, -0.25) is 0 Å². The summed E-state index contributed by atoms with van der Waals surface area (Å²) in [6.07, 6.45) is 2.49. The van der Waals surface area contributed by atoms with Gasteiger partial charge in [0.2, 0.25) is 0 Å². The van der Waals surface area contributed by atoms with Crippen LogP contribution in [0.3, 0.4) is 0 Å². The second-order valence-corrected chi connectivity index (χ2v) is 2.61. The largest absolute Gasteiger partial charge is 0.0998 e. The van der Waals surface area contributed by atoms with Crippen molar-refractivity contribution >= 4 is 0 Å². The Hall–Kier alpha value is -0.520.